The summed E-state index contributed by atoms with van der Waals surface area (Å²) < 4.78 is 80.4. The number of hydrogen-bond acceptors (Lipinski definition) is 3. The van der Waals surface area contributed by atoms with Crippen LogP contribution < -0.4 is 11.1 Å². The lowest BCUT2D eigenvalue weighted by Gasteiger charge is -2.19. The van der Waals surface area contributed by atoms with Gasteiger partial charge in [0.2, 0.25) is 5.91 Å². The number of nitrogen functional groups attached to an aromatic ring is 1. The van der Waals surface area contributed by atoms with Crippen molar-refractivity contribution in [2.45, 2.75) is 12.4 Å². The van der Waals surface area contributed by atoms with E-state index in [0.717, 1.165) is 24.3 Å². The second-order valence-electron chi connectivity index (χ2n) is 5.72. The highest BCUT2D eigenvalue weighted by molar-refractivity contribution is 6.02. The van der Waals surface area contributed by atoms with E-state index in [4.69, 9.17) is 10.8 Å². The summed E-state index contributed by atoms with van der Waals surface area (Å²) in [6, 6.07) is 4.60. The molecule has 0 unspecified atom stereocenters. The van der Waals surface area contributed by atoms with Crippen molar-refractivity contribution in [2.24, 2.45) is 0 Å². The van der Waals surface area contributed by atoms with Gasteiger partial charge in [0.05, 0.1) is 11.1 Å². The van der Waals surface area contributed by atoms with Gasteiger partial charge >= 0.3 is 18.3 Å². The minimum absolute atomic E-state index is 0.274. The predicted molar refractivity (Wildman–Crippen MR) is 91.7 cm³/mol. The first-order valence-corrected chi connectivity index (χ1v) is 7.69. The van der Waals surface area contributed by atoms with E-state index in [9.17, 15) is 35.9 Å². The Labute approximate surface area is 159 Å². The summed E-state index contributed by atoms with van der Waals surface area (Å²) in [6.07, 6.45) is -8.96. The average Bonchev–Trinajstić information content (AvgIpc) is 2.58. The quantitative estimate of drug-likeness (QED) is 0.386. The minimum Gasteiger partial charge on any atom is -0.478 e. The second kappa shape index (κ2) is 7.86. The van der Waals surface area contributed by atoms with Crippen molar-refractivity contribution < 1.29 is 41.0 Å². The number of carboxylic acid groups (broad SMARTS) is 1. The largest absolute Gasteiger partial charge is 0.478 e. The Balaban J connectivity index is 2.58. The van der Waals surface area contributed by atoms with Crippen LogP contribution in [0.15, 0.2) is 48.6 Å². The molecular weight excluding hydrogens is 406 g/mol. The highest BCUT2D eigenvalue weighted by atomic mass is 19.4. The minimum atomic E-state index is -5.04. The van der Waals surface area contributed by atoms with E-state index < -0.39 is 46.5 Å². The molecule has 0 bridgehead atoms. The zero-order valence-electron chi connectivity index (χ0n) is 14.2. The lowest BCUT2D eigenvalue weighted by molar-refractivity contribution is -0.139. The van der Waals surface area contributed by atoms with Gasteiger partial charge in [0.15, 0.2) is 0 Å². The van der Waals surface area contributed by atoms with Gasteiger partial charge in [0, 0.05) is 23.5 Å². The molecular formula is C18H12F6N2O3. The van der Waals surface area contributed by atoms with Gasteiger partial charge in [0.1, 0.15) is 0 Å². The highest BCUT2D eigenvalue weighted by Gasteiger charge is 2.38. The van der Waals surface area contributed by atoms with E-state index in [-0.39, 0.29) is 11.4 Å². The van der Waals surface area contributed by atoms with Crippen molar-refractivity contribution >= 4 is 23.3 Å². The summed E-state index contributed by atoms with van der Waals surface area (Å²) >= 11 is 0. The molecule has 1 amide bonds. The maximum absolute atomic E-state index is 13.5. The SMILES string of the molecule is Nc1ccc(-c2ccc(NC(=O)/C=C\C(=O)O)cc2C(F)(F)F)c(C(F)(F)F)c1. The summed E-state index contributed by atoms with van der Waals surface area (Å²) in [6.45, 7) is 0. The normalized spacial score (nSPS) is 12.2. The Morgan fingerprint density at radius 2 is 1.38 bits per heavy atom. The van der Waals surface area contributed by atoms with Gasteiger partial charge in [-0.25, -0.2) is 4.79 Å². The van der Waals surface area contributed by atoms with Gasteiger partial charge in [0.25, 0.3) is 0 Å². The molecule has 0 aliphatic carbocycles. The van der Waals surface area contributed by atoms with Crippen LogP contribution in [0.1, 0.15) is 11.1 Å². The van der Waals surface area contributed by atoms with Crippen LogP contribution in [0.5, 0.6) is 0 Å². The van der Waals surface area contributed by atoms with Crippen LogP contribution in [0.25, 0.3) is 11.1 Å². The molecule has 0 aromatic heterocycles. The molecule has 2 aromatic rings. The number of carbonyl (C=O) groups is 2. The van der Waals surface area contributed by atoms with Gasteiger partial charge in [-0.3, -0.25) is 4.79 Å². The molecule has 154 valence electrons. The third-order valence-corrected chi connectivity index (χ3v) is 3.61. The molecule has 0 atom stereocenters. The summed E-state index contributed by atoms with van der Waals surface area (Å²) in [5.41, 5.74) is 0.418. The van der Waals surface area contributed by atoms with Gasteiger partial charge < -0.3 is 16.2 Å². The lowest BCUT2D eigenvalue weighted by atomic mass is 9.93. The molecule has 0 radical (unpaired) electrons. The Bertz CT molecular complexity index is 981. The van der Waals surface area contributed by atoms with E-state index in [0.29, 0.717) is 24.3 Å². The van der Waals surface area contributed by atoms with Gasteiger partial charge in [-0.05, 0) is 35.4 Å². The van der Waals surface area contributed by atoms with E-state index in [1.807, 2.05) is 5.32 Å². The third kappa shape index (κ3) is 5.50. The smallest absolute Gasteiger partial charge is 0.417 e. The van der Waals surface area contributed by atoms with Crippen LogP contribution in [-0.2, 0) is 21.9 Å². The predicted octanol–water partition coefficient (Wildman–Crippen LogP) is 4.55. The molecule has 11 heteroatoms. The number of nitrogens with one attached hydrogen (secondary N) is 1. The molecule has 0 heterocycles. The second-order valence-corrected chi connectivity index (χ2v) is 5.72. The van der Waals surface area contributed by atoms with Crippen molar-refractivity contribution in [1.82, 2.24) is 0 Å². The first kappa shape index (κ1) is 21.8. The summed E-state index contributed by atoms with van der Waals surface area (Å²) in [5.74, 6) is -2.48. The summed E-state index contributed by atoms with van der Waals surface area (Å²) in [4.78, 5) is 21.9. The van der Waals surface area contributed by atoms with E-state index in [2.05, 4.69) is 0 Å². The number of alkyl halides is 6. The molecule has 0 aliphatic rings. The van der Waals surface area contributed by atoms with E-state index in [1.54, 1.807) is 0 Å². The molecule has 5 nitrogen and oxygen atoms in total. The number of amides is 1. The molecule has 0 saturated heterocycles. The molecule has 4 N–H and O–H groups in total. The van der Waals surface area contributed by atoms with Gasteiger partial charge in [-0.2, -0.15) is 26.3 Å². The zero-order valence-corrected chi connectivity index (χ0v) is 14.2. The van der Waals surface area contributed by atoms with E-state index in [1.165, 1.54) is 0 Å². The number of benzene rings is 2. The van der Waals surface area contributed by atoms with Gasteiger partial charge in [-0.1, -0.05) is 12.1 Å². The number of anilines is 2. The molecule has 2 rings (SSSR count). The zero-order chi connectivity index (χ0) is 22.0. The molecule has 0 aliphatic heterocycles. The fourth-order valence-electron chi connectivity index (χ4n) is 2.45. The molecule has 2 aromatic carbocycles. The van der Waals surface area contributed by atoms with Crippen LogP contribution in [-0.4, -0.2) is 17.0 Å². The first-order chi connectivity index (χ1) is 13.3. The van der Waals surface area contributed by atoms with Crippen molar-refractivity contribution in [1.29, 1.82) is 0 Å². The first-order valence-electron chi connectivity index (χ1n) is 7.69. The van der Waals surface area contributed by atoms with Gasteiger partial charge in [-0.15, -0.1) is 0 Å². The standard InChI is InChI=1S/C18H12F6N2O3/c19-17(20,21)13-7-9(25)1-3-11(13)12-4-2-10(8-14(12)18(22,23)24)26-15(27)5-6-16(28)29/h1-8H,25H2,(H,26,27)(H,28,29)/b6-5-. The Kier molecular flexibility index (Phi) is 5.90. The number of carboxylic acids is 1. The number of aliphatic carboxylic acids is 1. The number of rotatable bonds is 4. The molecule has 0 spiro atoms. The number of carbonyl (C=O) groups excluding carboxylic acids is 1. The Morgan fingerprint density at radius 3 is 1.90 bits per heavy atom. The van der Waals surface area contributed by atoms with Crippen molar-refractivity contribution in [3.63, 3.8) is 0 Å². The molecule has 29 heavy (non-hydrogen) atoms. The maximum atomic E-state index is 13.5. The van der Waals surface area contributed by atoms with Crippen LogP contribution in [0.2, 0.25) is 0 Å². The van der Waals surface area contributed by atoms with Crippen LogP contribution in [0.4, 0.5) is 37.7 Å². The fraction of sp³-hybridized carbons (Fsp3) is 0.111. The molecule has 0 saturated carbocycles. The van der Waals surface area contributed by atoms with Crippen LogP contribution in [0.3, 0.4) is 0 Å². The third-order valence-electron chi connectivity index (χ3n) is 3.61. The Hall–Kier alpha value is -3.50. The topological polar surface area (TPSA) is 92.4 Å². The van der Waals surface area contributed by atoms with Crippen molar-refractivity contribution in [3.8, 4) is 11.1 Å². The molecule has 0 fully saturated rings. The number of halogens is 6. The monoisotopic (exact) mass is 418 g/mol. The Morgan fingerprint density at radius 1 is 0.862 bits per heavy atom. The van der Waals surface area contributed by atoms with Crippen molar-refractivity contribution in [2.75, 3.05) is 11.1 Å². The number of hydrogen-bond donors (Lipinski definition) is 3. The maximum Gasteiger partial charge on any atom is 0.417 e. The fourth-order valence-corrected chi connectivity index (χ4v) is 2.45. The highest BCUT2D eigenvalue weighted by Crippen LogP contribution is 2.44. The van der Waals surface area contributed by atoms with E-state index >= 15 is 0 Å². The number of nitrogens with two attached hydrogens (primary N) is 1. The summed E-state index contributed by atoms with van der Waals surface area (Å²) in [7, 11) is 0. The average molecular weight is 418 g/mol. The van der Waals surface area contributed by atoms with Crippen molar-refractivity contribution in [3.05, 3.63) is 59.7 Å². The van der Waals surface area contributed by atoms with Crippen LogP contribution in [0, 0.1) is 0 Å². The summed E-state index contributed by atoms with van der Waals surface area (Å²) in [5, 5.41) is 10.4. The lowest BCUT2D eigenvalue weighted by Crippen LogP contribution is -2.14. The van der Waals surface area contributed by atoms with Crippen LogP contribution >= 0.6 is 0 Å².